The van der Waals surface area contributed by atoms with E-state index in [0.717, 1.165) is 30.4 Å². The third-order valence-electron chi connectivity index (χ3n) is 2.78. The Bertz CT molecular complexity index is 507. The Morgan fingerprint density at radius 2 is 2.28 bits per heavy atom. The van der Waals surface area contributed by atoms with Crippen LogP contribution < -0.4 is 5.73 Å². The van der Waals surface area contributed by atoms with Crippen LogP contribution in [-0.4, -0.2) is 21.2 Å². The lowest BCUT2D eigenvalue weighted by molar-refractivity contribution is 0.373. The highest BCUT2D eigenvalue weighted by molar-refractivity contribution is 5.57. The maximum atomic E-state index is 5.70. The molecule has 5 heteroatoms. The van der Waals surface area contributed by atoms with Gasteiger partial charge in [-0.2, -0.15) is 4.98 Å². The van der Waals surface area contributed by atoms with E-state index in [-0.39, 0.29) is 6.04 Å². The fraction of sp³-hybridized carbons (Fsp3) is 0.462. The minimum atomic E-state index is 0.217. The molecule has 2 heterocycles. The van der Waals surface area contributed by atoms with Gasteiger partial charge in [-0.25, -0.2) is 0 Å². The number of nitrogens with zero attached hydrogens (tertiary/aromatic N) is 3. The average Bonchev–Trinajstić information content (AvgIpc) is 2.78. The van der Waals surface area contributed by atoms with Crippen molar-refractivity contribution in [3.8, 4) is 11.4 Å². The van der Waals surface area contributed by atoms with Gasteiger partial charge in [0.2, 0.25) is 11.7 Å². The summed E-state index contributed by atoms with van der Waals surface area (Å²) in [5, 5.41) is 4.00. The molecule has 0 aromatic carbocycles. The molecule has 2 aromatic rings. The summed E-state index contributed by atoms with van der Waals surface area (Å²) in [4.78, 5) is 8.44. The van der Waals surface area contributed by atoms with E-state index in [1.54, 1.807) is 12.4 Å². The zero-order valence-electron chi connectivity index (χ0n) is 10.8. The lowest BCUT2D eigenvalue weighted by Gasteiger charge is -2.01. The number of aromatic nitrogens is 3. The largest absolute Gasteiger partial charge is 0.339 e. The van der Waals surface area contributed by atoms with Crippen LogP contribution in [0.15, 0.2) is 23.0 Å². The Labute approximate surface area is 106 Å². The molecule has 0 amide bonds. The van der Waals surface area contributed by atoms with Crippen LogP contribution in [-0.2, 0) is 6.42 Å². The average molecular weight is 246 g/mol. The minimum Gasteiger partial charge on any atom is -0.339 e. The van der Waals surface area contributed by atoms with E-state index >= 15 is 0 Å². The maximum Gasteiger partial charge on any atom is 0.226 e. The summed E-state index contributed by atoms with van der Waals surface area (Å²) in [6.45, 7) is 3.98. The van der Waals surface area contributed by atoms with Crippen molar-refractivity contribution in [2.75, 3.05) is 0 Å². The Morgan fingerprint density at radius 1 is 1.44 bits per heavy atom. The predicted octanol–water partition coefficient (Wildman–Crippen LogP) is 2.11. The van der Waals surface area contributed by atoms with E-state index in [2.05, 4.69) is 15.1 Å². The highest BCUT2D eigenvalue weighted by Gasteiger charge is 2.10. The minimum absolute atomic E-state index is 0.217. The second-order valence-electron chi connectivity index (χ2n) is 4.57. The molecule has 1 atom stereocenters. The van der Waals surface area contributed by atoms with Crippen LogP contribution >= 0.6 is 0 Å². The Hall–Kier alpha value is -1.75. The summed E-state index contributed by atoms with van der Waals surface area (Å²) in [5.41, 5.74) is 7.71. The quantitative estimate of drug-likeness (QED) is 0.874. The Kier molecular flexibility index (Phi) is 4.04. The topological polar surface area (TPSA) is 77.8 Å². The molecule has 2 N–H and O–H groups in total. The molecule has 2 aromatic heterocycles. The van der Waals surface area contributed by atoms with Gasteiger partial charge < -0.3 is 10.3 Å². The van der Waals surface area contributed by atoms with Crippen molar-refractivity contribution in [3.63, 3.8) is 0 Å². The smallest absolute Gasteiger partial charge is 0.226 e. The molecule has 0 radical (unpaired) electrons. The van der Waals surface area contributed by atoms with Crippen LogP contribution in [0.25, 0.3) is 11.4 Å². The molecule has 0 spiro atoms. The van der Waals surface area contributed by atoms with Crippen molar-refractivity contribution in [2.24, 2.45) is 5.73 Å². The second-order valence-corrected chi connectivity index (χ2v) is 4.57. The summed E-state index contributed by atoms with van der Waals surface area (Å²) >= 11 is 0. The van der Waals surface area contributed by atoms with Gasteiger partial charge >= 0.3 is 0 Å². The normalized spacial score (nSPS) is 12.6. The maximum absolute atomic E-state index is 5.70. The number of hydrogen-bond donors (Lipinski definition) is 1. The molecule has 0 saturated carbocycles. The molecular formula is C13H18N4O. The van der Waals surface area contributed by atoms with E-state index in [4.69, 9.17) is 10.3 Å². The van der Waals surface area contributed by atoms with Crippen molar-refractivity contribution >= 4 is 0 Å². The molecule has 0 saturated heterocycles. The van der Waals surface area contributed by atoms with Gasteiger partial charge in [-0.1, -0.05) is 5.16 Å². The molecule has 1 unspecified atom stereocenters. The predicted molar refractivity (Wildman–Crippen MR) is 68.9 cm³/mol. The number of aryl methyl sites for hydroxylation is 2. The molecular weight excluding hydrogens is 228 g/mol. The molecule has 5 nitrogen and oxygen atoms in total. The molecule has 2 rings (SSSR count). The van der Waals surface area contributed by atoms with Crippen LogP contribution in [0.4, 0.5) is 0 Å². The SMILES string of the molecule is Cc1cnccc1-c1noc(CCCC(C)N)n1. The van der Waals surface area contributed by atoms with E-state index in [1.807, 2.05) is 19.9 Å². The van der Waals surface area contributed by atoms with Crippen molar-refractivity contribution in [2.45, 2.75) is 39.2 Å². The van der Waals surface area contributed by atoms with E-state index in [9.17, 15) is 0 Å². The molecule has 96 valence electrons. The van der Waals surface area contributed by atoms with Gasteiger partial charge in [0.1, 0.15) is 0 Å². The molecule has 0 bridgehead atoms. The van der Waals surface area contributed by atoms with Crippen molar-refractivity contribution in [3.05, 3.63) is 29.9 Å². The molecule has 0 aliphatic carbocycles. The summed E-state index contributed by atoms with van der Waals surface area (Å²) in [5.74, 6) is 1.30. The van der Waals surface area contributed by atoms with Gasteiger partial charge in [-0.15, -0.1) is 0 Å². The van der Waals surface area contributed by atoms with Crippen molar-refractivity contribution < 1.29 is 4.52 Å². The zero-order valence-corrected chi connectivity index (χ0v) is 10.8. The lowest BCUT2D eigenvalue weighted by Crippen LogP contribution is -2.14. The molecule has 0 fully saturated rings. The summed E-state index contributed by atoms with van der Waals surface area (Å²) in [6, 6.07) is 2.11. The fourth-order valence-electron chi connectivity index (χ4n) is 1.77. The van der Waals surface area contributed by atoms with E-state index < -0.39 is 0 Å². The van der Waals surface area contributed by atoms with E-state index in [1.165, 1.54) is 0 Å². The fourth-order valence-corrected chi connectivity index (χ4v) is 1.77. The van der Waals surface area contributed by atoms with Crippen LogP contribution in [0, 0.1) is 6.92 Å². The zero-order chi connectivity index (χ0) is 13.0. The van der Waals surface area contributed by atoms with Crippen molar-refractivity contribution in [1.29, 1.82) is 0 Å². The van der Waals surface area contributed by atoms with Crippen LogP contribution in [0.3, 0.4) is 0 Å². The third kappa shape index (κ3) is 3.13. The highest BCUT2D eigenvalue weighted by atomic mass is 16.5. The summed E-state index contributed by atoms with van der Waals surface area (Å²) in [6.07, 6.45) is 6.23. The molecule has 0 aliphatic heterocycles. The Balaban J connectivity index is 2.04. The number of pyridine rings is 1. The standard InChI is InChI=1S/C13H18N4O/c1-9-8-15-7-6-11(9)13-16-12(18-17-13)5-3-4-10(2)14/h6-8,10H,3-5,14H2,1-2H3. The monoisotopic (exact) mass is 246 g/mol. The van der Waals surface area contributed by atoms with Gasteiger partial charge in [0.25, 0.3) is 0 Å². The first-order valence-electron chi connectivity index (χ1n) is 6.16. The summed E-state index contributed by atoms with van der Waals surface area (Å²) < 4.78 is 5.23. The second kappa shape index (κ2) is 5.73. The Morgan fingerprint density at radius 3 is 3.00 bits per heavy atom. The third-order valence-corrected chi connectivity index (χ3v) is 2.78. The van der Waals surface area contributed by atoms with Crippen molar-refractivity contribution in [1.82, 2.24) is 15.1 Å². The van der Waals surface area contributed by atoms with E-state index in [0.29, 0.717) is 11.7 Å². The van der Waals surface area contributed by atoms with Crippen LogP contribution in [0.1, 0.15) is 31.2 Å². The van der Waals surface area contributed by atoms with Crippen LogP contribution in [0.2, 0.25) is 0 Å². The van der Waals surface area contributed by atoms with Gasteiger partial charge in [-0.3, -0.25) is 4.98 Å². The van der Waals surface area contributed by atoms with Gasteiger partial charge in [-0.05, 0) is 38.3 Å². The highest BCUT2D eigenvalue weighted by Crippen LogP contribution is 2.19. The number of nitrogens with two attached hydrogens (primary N) is 1. The molecule has 0 aliphatic rings. The first-order chi connectivity index (χ1) is 8.66. The van der Waals surface area contributed by atoms with Gasteiger partial charge in [0.15, 0.2) is 0 Å². The first kappa shape index (κ1) is 12.7. The van der Waals surface area contributed by atoms with Gasteiger partial charge in [0, 0.05) is 30.4 Å². The number of rotatable bonds is 5. The van der Waals surface area contributed by atoms with Crippen LogP contribution in [0.5, 0.6) is 0 Å². The summed E-state index contributed by atoms with van der Waals surface area (Å²) in [7, 11) is 0. The van der Waals surface area contributed by atoms with Gasteiger partial charge in [0.05, 0.1) is 0 Å². The first-order valence-corrected chi connectivity index (χ1v) is 6.16. The number of hydrogen-bond acceptors (Lipinski definition) is 5. The lowest BCUT2D eigenvalue weighted by atomic mass is 10.1. The molecule has 18 heavy (non-hydrogen) atoms.